The number of aromatic nitrogens is 2. The van der Waals surface area contributed by atoms with Crippen LogP contribution in [0, 0.1) is 6.92 Å². The third-order valence-electron chi connectivity index (χ3n) is 4.58. The van der Waals surface area contributed by atoms with Gasteiger partial charge in [-0.15, -0.1) is 0 Å². The number of nitrogens with one attached hydrogen (secondary N) is 3. The molecule has 0 radical (unpaired) electrons. The van der Waals surface area contributed by atoms with Gasteiger partial charge in [-0.1, -0.05) is 24.3 Å². The van der Waals surface area contributed by atoms with Gasteiger partial charge in [-0.2, -0.15) is 0 Å². The van der Waals surface area contributed by atoms with E-state index in [1.807, 2.05) is 25.4 Å². The molecular weight excluding hydrogens is 324 g/mol. The standard InChI is InChI=1S/C21H20N4O/c1-3-22-21(26)25-20-11-17-15(8-7-13(2)18(17)12-24-20)14-5-4-6-19-16(14)9-10-23-19/h4-12,23H,3H2,1-2H3,(H2,22,24,25,26). The van der Waals surface area contributed by atoms with E-state index in [0.717, 1.165) is 33.0 Å². The monoisotopic (exact) mass is 344 g/mol. The average Bonchev–Trinajstić information content (AvgIpc) is 3.11. The number of hydrogen-bond donors (Lipinski definition) is 3. The second-order valence-corrected chi connectivity index (χ2v) is 6.27. The maximum absolute atomic E-state index is 11.8. The number of H-pyrrole nitrogens is 1. The van der Waals surface area contributed by atoms with Gasteiger partial charge in [0.1, 0.15) is 5.82 Å². The molecule has 2 amide bonds. The first-order chi connectivity index (χ1) is 12.7. The molecular formula is C21H20N4O. The highest BCUT2D eigenvalue weighted by atomic mass is 16.2. The van der Waals surface area contributed by atoms with E-state index in [0.29, 0.717) is 12.4 Å². The third-order valence-corrected chi connectivity index (χ3v) is 4.58. The summed E-state index contributed by atoms with van der Waals surface area (Å²) < 4.78 is 0. The lowest BCUT2D eigenvalue weighted by molar-refractivity contribution is 0.252. The Hall–Kier alpha value is -3.34. The third kappa shape index (κ3) is 2.77. The van der Waals surface area contributed by atoms with Crippen molar-refractivity contribution in [3.8, 4) is 11.1 Å². The fourth-order valence-corrected chi connectivity index (χ4v) is 3.32. The smallest absolute Gasteiger partial charge is 0.320 e. The molecule has 26 heavy (non-hydrogen) atoms. The van der Waals surface area contributed by atoms with Gasteiger partial charge in [0.25, 0.3) is 0 Å². The van der Waals surface area contributed by atoms with Crippen LogP contribution >= 0.6 is 0 Å². The lowest BCUT2D eigenvalue weighted by Crippen LogP contribution is -2.28. The predicted molar refractivity (Wildman–Crippen MR) is 106 cm³/mol. The minimum atomic E-state index is -0.249. The number of carbonyl (C=O) groups is 1. The number of aromatic amines is 1. The SMILES string of the molecule is CCNC(=O)Nc1cc2c(-c3cccc4[nH]ccc34)ccc(C)c2cn1. The lowest BCUT2D eigenvalue weighted by atomic mass is 9.94. The number of hydrogen-bond acceptors (Lipinski definition) is 2. The summed E-state index contributed by atoms with van der Waals surface area (Å²) in [7, 11) is 0. The molecule has 2 aromatic heterocycles. The van der Waals surface area contributed by atoms with Crippen LogP contribution in [-0.2, 0) is 0 Å². The zero-order chi connectivity index (χ0) is 18.1. The molecule has 2 heterocycles. The summed E-state index contributed by atoms with van der Waals surface area (Å²) in [6, 6.07) is 14.3. The van der Waals surface area contributed by atoms with Gasteiger partial charge < -0.3 is 10.3 Å². The minimum absolute atomic E-state index is 0.249. The Morgan fingerprint density at radius 1 is 1.08 bits per heavy atom. The van der Waals surface area contributed by atoms with Crippen molar-refractivity contribution in [2.45, 2.75) is 13.8 Å². The number of rotatable bonds is 3. The number of anilines is 1. The second kappa shape index (κ2) is 6.52. The largest absolute Gasteiger partial charge is 0.361 e. The quantitative estimate of drug-likeness (QED) is 0.498. The van der Waals surface area contributed by atoms with E-state index in [-0.39, 0.29) is 6.03 Å². The molecule has 0 aliphatic heterocycles. The molecule has 0 unspecified atom stereocenters. The van der Waals surface area contributed by atoms with E-state index in [1.54, 1.807) is 0 Å². The van der Waals surface area contributed by atoms with Gasteiger partial charge >= 0.3 is 6.03 Å². The first kappa shape index (κ1) is 16.1. The molecule has 0 aliphatic carbocycles. The first-order valence-corrected chi connectivity index (χ1v) is 8.68. The molecule has 130 valence electrons. The topological polar surface area (TPSA) is 69.8 Å². The Balaban J connectivity index is 1.90. The van der Waals surface area contributed by atoms with Crippen LogP contribution in [0.3, 0.4) is 0 Å². The molecule has 4 rings (SSSR count). The molecule has 0 saturated carbocycles. The fourth-order valence-electron chi connectivity index (χ4n) is 3.32. The zero-order valence-corrected chi connectivity index (χ0v) is 14.8. The van der Waals surface area contributed by atoms with Crippen molar-refractivity contribution < 1.29 is 4.79 Å². The summed E-state index contributed by atoms with van der Waals surface area (Å²) in [6.07, 6.45) is 3.78. The van der Waals surface area contributed by atoms with Crippen molar-refractivity contribution in [1.82, 2.24) is 15.3 Å². The number of fused-ring (bicyclic) bond motifs is 2. The second-order valence-electron chi connectivity index (χ2n) is 6.27. The van der Waals surface area contributed by atoms with E-state index < -0.39 is 0 Å². The van der Waals surface area contributed by atoms with Gasteiger partial charge in [0.05, 0.1) is 0 Å². The predicted octanol–water partition coefficient (Wildman–Crippen LogP) is 4.83. The van der Waals surface area contributed by atoms with Crippen molar-refractivity contribution in [1.29, 1.82) is 0 Å². The number of nitrogens with zero attached hydrogens (tertiary/aromatic N) is 1. The number of carbonyl (C=O) groups excluding carboxylic acids is 1. The molecule has 4 aromatic rings. The summed E-state index contributed by atoms with van der Waals surface area (Å²) in [5, 5.41) is 8.85. The number of benzene rings is 2. The van der Waals surface area contributed by atoms with E-state index in [1.165, 1.54) is 5.39 Å². The Morgan fingerprint density at radius 3 is 2.77 bits per heavy atom. The minimum Gasteiger partial charge on any atom is -0.361 e. The van der Waals surface area contributed by atoms with Crippen LogP contribution in [0.1, 0.15) is 12.5 Å². The van der Waals surface area contributed by atoms with E-state index in [4.69, 9.17) is 0 Å². The van der Waals surface area contributed by atoms with Gasteiger partial charge in [-0.05, 0) is 54.1 Å². The number of amides is 2. The van der Waals surface area contributed by atoms with Crippen molar-refractivity contribution in [2.75, 3.05) is 11.9 Å². The van der Waals surface area contributed by atoms with E-state index >= 15 is 0 Å². The number of urea groups is 1. The highest BCUT2D eigenvalue weighted by molar-refractivity contribution is 6.06. The average molecular weight is 344 g/mol. The molecule has 5 nitrogen and oxygen atoms in total. The molecule has 0 fully saturated rings. The molecule has 0 atom stereocenters. The summed E-state index contributed by atoms with van der Waals surface area (Å²) in [6.45, 7) is 4.52. The van der Waals surface area contributed by atoms with Crippen LogP contribution in [0.2, 0.25) is 0 Å². The highest BCUT2D eigenvalue weighted by Crippen LogP contribution is 2.35. The Labute approximate surface area is 151 Å². The Morgan fingerprint density at radius 2 is 1.92 bits per heavy atom. The van der Waals surface area contributed by atoms with Crippen LogP contribution in [0.5, 0.6) is 0 Å². The van der Waals surface area contributed by atoms with Crippen molar-refractivity contribution in [3.05, 3.63) is 60.4 Å². The van der Waals surface area contributed by atoms with Crippen LogP contribution in [0.25, 0.3) is 32.8 Å². The zero-order valence-electron chi connectivity index (χ0n) is 14.8. The van der Waals surface area contributed by atoms with Crippen LogP contribution in [0.4, 0.5) is 10.6 Å². The summed E-state index contributed by atoms with van der Waals surface area (Å²) >= 11 is 0. The van der Waals surface area contributed by atoms with Crippen LogP contribution < -0.4 is 10.6 Å². The molecule has 3 N–H and O–H groups in total. The number of aryl methyl sites for hydroxylation is 1. The van der Waals surface area contributed by atoms with Gasteiger partial charge in [0.2, 0.25) is 0 Å². The maximum Gasteiger partial charge on any atom is 0.320 e. The first-order valence-electron chi connectivity index (χ1n) is 8.68. The molecule has 0 aliphatic rings. The number of pyridine rings is 1. The summed E-state index contributed by atoms with van der Waals surface area (Å²) in [4.78, 5) is 19.5. The van der Waals surface area contributed by atoms with Crippen LogP contribution in [-0.4, -0.2) is 22.5 Å². The van der Waals surface area contributed by atoms with Gasteiger partial charge in [-0.25, -0.2) is 9.78 Å². The van der Waals surface area contributed by atoms with Gasteiger partial charge in [0, 0.05) is 35.2 Å². The molecule has 5 heteroatoms. The van der Waals surface area contributed by atoms with Crippen molar-refractivity contribution in [2.24, 2.45) is 0 Å². The Kier molecular flexibility index (Phi) is 4.05. The molecule has 2 aromatic carbocycles. The van der Waals surface area contributed by atoms with Crippen molar-refractivity contribution >= 4 is 33.5 Å². The summed E-state index contributed by atoms with van der Waals surface area (Å²) in [5.74, 6) is 0.538. The highest BCUT2D eigenvalue weighted by Gasteiger charge is 2.11. The molecule has 0 spiro atoms. The maximum atomic E-state index is 11.8. The van der Waals surface area contributed by atoms with Gasteiger partial charge in [-0.3, -0.25) is 5.32 Å². The summed E-state index contributed by atoms with van der Waals surface area (Å²) in [5.41, 5.74) is 4.54. The van der Waals surface area contributed by atoms with E-state index in [9.17, 15) is 4.79 Å². The fraction of sp³-hybridized carbons (Fsp3) is 0.143. The Bertz CT molecular complexity index is 1110. The van der Waals surface area contributed by atoms with Crippen LogP contribution in [0.15, 0.2) is 54.9 Å². The molecule has 0 saturated heterocycles. The van der Waals surface area contributed by atoms with E-state index in [2.05, 4.69) is 63.9 Å². The molecule has 0 bridgehead atoms. The lowest BCUT2D eigenvalue weighted by Gasteiger charge is -2.12. The van der Waals surface area contributed by atoms with Crippen molar-refractivity contribution in [3.63, 3.8) is 0 Å². The van der Waals surface area contributed by atoms with Gasteiger partial charge in [0.15, 0.2) is 0 Å². The normalized spacial score (nSPS) is 11.0.